The van der Waals surface area contributed by atoms with Gasteiger partial charge in [-0.2, -0.15) is 11.3 Å². The highest BCUT2D eigenvalue weighted by Crippen LogP contribution is 2.27. The second kappa shape index (κ2) is 10.1. The zero-order chi connectivity index (χ0) is 20.8. The van der Waals surface area contributed by atoms with Crippen molar-refractivity contribution in [1.82, 2.24) is 15.1 Å². The first-order valence-corrected chi connectivity index (χ1v) is 10.7. The molecule has 0 aliphatic carbocycles. The number of likely N-dealkylation sites (N-methyl/N-ethyl adjacent to an activating group) is 1. The average molecular weight is 437 g/mol. The van der Waals surface area contributed by atoms with Crippen LogP contribution in [0.15, 0.2) is 35.0 Å². The number of ether oxygens (including phenoxy) is 1. The lowest BCUT2D eigenvalue weighted by molar-refractivity contribution is -0.136. The van der Waals surface area contributed by atoms with Crippen LogP contribution in [0.3, 0.4) is 0 Å². The first-order chi connectivity index (χ1) is 14.0. The minimum absolute atomic E-state index is 0.0346. The van der Waals surface area contributed by atoms with E-state index in [9.17, 15) is 9.59 Å². The molecule has 1 aliphatic heterocycles. The van der Waals surface area contributed by atoms with E-state index in [2.05, 4.69) is 38.9 Å². The molecule has 0 radical (unpaired) electrons. The van der Waals surface area contributed by atoms with Crippen molar-refractivity contribution >= 4 is 40.4 Å². The summed E-state index contributed by atoms with van der Waals surface area (Å²) in [5.74, 6) is -1.02. The molecule has 2 amide bonds. The number of rotatable bonds is 6. The van der Waals surface area contributed by atoms with Crippen LogP contribution in [-0.2, 0) is 9.59 Å². The predicted octanol–water partition coefficient (Wildman–Crippen LogP) is 2.45. The van der Waals surface area contributed by atoms with Crippen molar-refractivity contribution in [3.05, 3.63) is 45.6 Å². The predicted molar refractivity (Wildman–Crippen MR) is 116 cm³/mol. The Balaban J connectivity index is 1.62. The van der Waals surface area contributed by atoms with Crippen LogP contribution in [0.5, 0.6) is 5.75 Å². The van der Waals surface area contributed by atoms with Gasteiger partial charge in [-0.05, 0) is 47.6 Å². The molecule has 2 heterocycles. The fourth-order valence-electron chi connectivity index (χ4n) is 3.28. The van der Waals surface area contributed by atoms with E-state index in [0.29, 0.717) is 23.0 Å². The average Bonchev–Trinajstić information content (AvgIpc) is 3.24. The van der Waals surface area contributed by atoms with E-state index < -0.39 is 11.8 Å². The Morgan fingerprint density at radius 2 is 1.97 bits per heavy atom. The molecule has 1 fully saturated rings. The van der Waals surface area contributed by atoms with Crippen LogP contribution in [0, 0.1) is 0 Å². The highest BCUT2D eigenvalue weighted by atomic mass is 35.5. The van der Waals surface area contributed by atoms with Crippen LogP contribution >= 0.6 is 22.9 Å². The van der Waals surface area contributed by atoms with Gasteiger partial charge in [-0.1, -0.05) is 11.6 Å². The van der Waals surface area contributed by atoms with Gasteiger partial charge in [-0.15, -0.1) is 0 Å². The molecule has 0 spiro atoms. The van der Waals surface area contributed by atoms with Crippen molar-refractivity contribution in [2.75, 3.05) is 52.2 Å². The third-order valence-corrected chi connectivity index (χ3v) is 5.92. The number of halogens is 1. The number of nitrogens with one attached hydrogen (secondary N) is 2. The highest BCUT2D eigenvalue weighted by Gasteiger charge is 2.26. The zero-order valence-corrected chi connectivity index (χ0v) is 18.1. The lowest BCUT2D eigenvalue weighted by Gasteiger charge is -2.37. The maximum absolute atomic E-state index is 12.4. The minimum atomic E-state index is -0.756. The first kappa shape index (κ1) is 21.6. The molecule has 0 saturated carbocycles. The van der Waals surface area contributed by atoms with Gasteiger partial charge in [0.25, 0.3) is 0 Å². The van der Waals surface area contributed by atoms with Crippen molar-refractivity contribution < 1.29 is 14.3 Å². The summed E-state index contributed by atoms with van der Waals surface area (Å²) in [5, 5.41) is 9.90. The molecular weight excluding hydrogens is 412 g/mol. The summed E-state index contributed by atoms with van der Waals surface area (Å²) >= 11 is 7.60. The van der Waals surface area contributed by atoms with E-state index in [-0.39, 0.29) is 6.04 Å². The number of anilines is 1. The number of benzene rings is 1. The topological polar surface area (TPSA) is 73.9 Å². The van der Waals surface area contributed by atoms with Gasteiger partial charge in [0.1, 0.15) is 5.75 Å². The van der Waals surface area contributed by atoms with Crippen molar-refractivity contribution in [2.24, 2.45) is 0 Å². The smallest absolute Gasteiger partial charge is 0.313 e. The molecule has 9 heteroatoms. The Kier molecular flexibility index (Phi) is 7.49. The fraction of sp³-hybridized carbons (Fsp3) is 0.400. The Morgan fingerprint density at radius 1 is 1.21 bits per heavy atom. The number of nitrogens with zero attached hydrogens (tertiary/aromatic N) is 2. The second-order valence-corrected chi connectivity index (χ2v) is 8.14. The van der Waals surface area contributed by atoms with Crippen LogP contribution in [0.2, 0.25) is 5.02 Å². The standard InChI is InChI=1S/C20H25ClN4O3S/c1-24-6-8-25(9-7-24)17(14-5-10-29-13-14)12-22-19(26)20(27)23-16-11-15(21)3-4-18(16)28-2/h3-5,10-11,13,17H,6-9,12H2,1-2H3,(H,22,26)(H,23,27). The summed E-state index contributed by atoms with van der Waals surface area (Å²) in [5.41, 5.74) is 1.50. The third kappa shape index (κ3) is 5.70. The fourth-order valence-corrected chi connectivity index (χ4v) is 4.16. The first-order valence-electron chi connectivity index (χ1n) is 9.35. The lowest BCUT2D eigenvalue weighted by Crippen LogP contribution is -2.49. The molecule has 1 aromatic carbocycles. The number of carbonyl (C=O) groups is 2. The van der Waals surface area contributed by atoms with E-state index in [4.69, 9.17) is 16.3 Å². The van der Waals surface area contributed by atoms with Crippen LogP contribution in [0.25, 0.3) is 0 Å². The Morgan fingerprint density at radius 3 is 2.62 bits per heavy atom. The normalized spacial score (nSPS) is 16.2. The molecule has 2 aromatic rings. The van der Waals surface area contributed by atoms with E-state index in [0.717, 1.165) is 31.7 Å². The molecule has 1 saturated heterocycles. The summed E-state index contributed by atoms with van der Waals surface area (Å²) in [6.45, 7) is 4.14. The van der Waals surface area contributed by atoms with E-state index in [1.807, 2.05) is 5.38 Å². The van der Waals surface area contributed by atoms with Gasteiger partial charge in [-0.25, -0.2) is 0 Å². The van der Waals surface area contributed by atoms with E-state index in [1.54, 1.807) is 29.5 Å². The zero-order valence-electron chi connectivity index (χ0n) is 16.5. The Bertz CT molecular complexity index is 838. The molecule has 1 unspecified atom stereocenters. The van der Waals surface area contributed by atoms with Gasteiger partial charge in [0, 0.05) is 37.7 Å². The van der Waals surface area contributed by atoms with Crippen LogP contribution in [0.4, 0.5) is 5.69 Å². The number of thiophene rings is 1. The molecule has 7 nitrogen and oxygen atoms in total. The molecule has 1 atom stereocenters. The monoisotopic (exact) mass is 436 g/mol. The van der Waals surface area contributed by atoms with Gasteiger partial charge in [0.15, 0.2) is 0 Å². The molecule has 156 valence electrons. The summed E-state index contributed by atoms with van der Waals surface area (Å²) in [4.78, 5) is 29.4. The molecule has 1 aromatic heterocycles. The van der Waals surface area contributed by atoms with E-state index >= 15 is 0 Å². The molecule has 3 rings (SSSR count). The molecule has 1 aliphatic rings. The number of hydrogen-bond acceptors (Lipinski definition) is 6. The summed E-state index contributed by atoms with van der Waals surface area (Å²) in [7, 11) is 3.59. The van der Waals surface area contributed by atoms with Crippen LogP contribution < -0.4 is 15.4 Å². The summed E-state index contributed by atoms with van der Waals surface area (Å²) in [6, 6.07) is 6.93. The molecular formula is C20H25ClN4O3S. The quantitative estimate of drug-likeness (QED) is 0.680. The highest BCUT2D eigenvalue weighted by molar-refractivity contribution is 7.08. The third-order valence-electron chi connectivity index (χ3n) is 4.98. The molecule has 0 bridgehead atoms. The minimum Gasteiger partial charge on any atom is -0.495 e. The van der Waals surface area contributed by atoms with E-state index in [1.165, 1.54) is 7.11 Å². The van der Waals surface area contributed by atoms with Crippen molar-refractivity contribution in [1.29, 1.82) is 0 Å². The Labute approximate surface area is 179 Å². The van der Waals surface area contributed by atoms with Crippen molar-refractivity contribution in [3.63, 3.8) is 0 Å². The molecule has 29 heavy (non-hydrogen) atoms. The van der Waals surface area contributed by atoms with Crippen molar-refractivity contribution in [3.8, 4) is 5.75 Å². The van der Waals surface area contributed by atoms with Gasteiger partial charge in [0.05, 0.1) is 18.8 Å². The SMILES string of the molecule is COc1ccc(Cl)cc1NC(=O)C(=O)NCC(c1ccsc1)N1CCN(C)CC1. The van der Waals surface area contributed by atoms with Gasteiger partial charge < -0.3 is 20.3 Å². The maximum Gasteiger partial charge on any atom is 0.313 e. The maximum atomic E-state index is 12.4. The van der Waals surface area contributed by atoms with Crippen LogP contribution in [0.1, 0.15) is 11.6 Å². The Hall–Kier alpha value is -2.13. The van der Waals surface area contributed by atoms with Gasteiger partial charge >= 0.3 is 11.8 Å². The van der Waals surface area contributed by atoms with Gasteiger partial charge in [-0.3, -0.25) is 14.5 Å². The largest absolute Gasteiger partial charge is 0.495 e. The number of carbonyl (C=O) groups excluding carboxylic acids is 2. The number of hydrogen-bond donors (Lipinski definition) is 2. The van der Waals surface area contributed by atoms with Gasteiger partial charge in [0.2, 0.25) is 0 Å². The number of amides is 2. The lowest BCUT2D eigenvalue weighted by atomic mass is 10.1. The summed E-state index contributed by atoms with van der Waals surface area (Å²) < 4.78 is 5.20. The summed E-state index contributed by atoms with van der Waals surface area (Å²) in [6.07, 6.45) is 0. The number of methoxy groups -OCH3 is 1. The molecule has 2 N–H and O–H groups in total. The van der Waals surface area contributed by atoms with Crippen LogP contribution in [-0.4, -0.2) is 68.5 Å². The van der Waals surface area contributed by atoms with Crippen molar-refractivity contribution in [2.45, 2.75) is 6.04 Å². The second-order valence-electron chi connectivity index (χ2n) is 6.92. The number of piperazine rings is 1.